The minimum Gasteiger partial charge on any atom is -0.354 e. The molecule has 0 aliphatic rings. The van der Waals surface area contributed by atoms with Crippen LogP contribution in [-0.2, 0) is 13.6 Å². The predicted octanol–water partition coefficient (Wildman–Crippen LogP) is 2.87. The van der Waals surface area contributed by atoms with Crippen molar-refractivity contribution in [2.45, 2.75) is 6.54 Å². The predicted molar refractivity (Wildman–Crippen MR) is 72.3 cm³/mol. The smallest absolute Gasteiger partial charge is 0.143 e. The van der Waals surface area contributed by atoms with Crippen LogP contribution in [0.4, 0.5) is 5.82 Å². The molecule has 0 bridgehead atoms. The Balaban J connectivity index is 2.17. The van der Waals surface area contributed by atoms with Gasteiger partial charge in [-0.15, -0.1) is 0 Å². The van der Waals surface area contributed by atoms with Crippen molar-refractivity contribution < 1.29 is 0 Å². The fourth-order valence-corrected chi connectivity index (χ4v) is 2.53. The zero-order valence-corrected chi connectivity index (χ0v) is 11.9. The first-order valence-corrected chi connectivity index (χ1v) is 6.23. The summed E-state index contributed by atoms with van der Waals surface area (Å²) in [5.41, 5.74) is 1.14. The van der Waals surface area contributed by atoms with Gasteiger partial charge < -0.3 is 4.90 Å². The van der Waals surface area contributed by atoms with Gasteiger partial charge in [-0.05, 0) is 22.0 Å². The molecular formula is C11H12BrClN4. The van der Waals surface area contributed by atoms with E-state index in [9.17, 15) is 0 Å². The van der Waals surface area contributed by atoms with Crippen LogP contribution in [0.2, 0.25) is 5.02 Å². The molecule has 0 saturated carbocycles. The Morgan fingerprint density at radius 2 is 2.24 bits per heavy atom. The van der Waals surface area contributed by atoms with E-state index in [1.807, 2.05) is 37.5 Å². The largest absolute Gasteiger partial charge is 0.354 e. The molecule has 0 N–H and O–H groups in total. The summed E-state index contributed by atoms with van der Waals surface area (Å²) in [5, 5.41) is 4.76. The third-order valence-corrected chi connectivity index (χ3v) is 3.12. The Bertz CT molecular complexity index is 526. The second kappa shape index (κ2) is 5.06. The van der Waals surface area contributed by atoms with E-state index in [-0.39, 0.29) is 0 Å². The molecule has 0 saturated heterocycles. The Labute approximate surface area is 113 Å². The van der Waals surface area contributed by atoms with Crippen molar-refractivity contribution in [3.8, 4) is 0 Å². The van der Waals surface area contributed by atoms with Crippen molar-refractivity contribution in [1.82, 2.24) is 14.8 Å². The molecule has 0 amide bonds. The van der Waals surface area contributed by atoms with E-state index in [1.54, 1.807) is 10.9 Å². The van der Waals surface area contributed by atoms with Crippen LogP contribution in [0.5, 0.6) is 0 Å². The molecular weight excluding hydrogens is 304 g/mol. The van der Waals surface area contributed by atoms with Crippen LogP contribution < -0.4 is 4.90 Å². The first kappa shape index (κ1) is 12.4. The SMILES string of the molecule is CN(Cc1cnn(C)c1)c1ncc(Cl)cc1Br. The Morgan fingerprint density at radius 1 is 1.47 bits per heavy atom. The summed E-state index contributed by atoms with van der Waals surface area (Å²) in [5.74, 6) is 0.859. The molecule has 0 fully saturated rings. The van der Waals surface area contributed by atoms with Gasteiger partial charge in [-0.3, -0.25) is 4.68 Å². The fraction of sp³-hybridized carbons (Fsp3) is 0.273. The average molecular weight is 316 g/mol. The van der Waals surface area contributed by atoms with E-state index in [0.717, 1.165) is 22.4 Å². The molecule has 90 valence electrons. The van der Waals surface area contributed by atoms with Gasteiger partial charge in [0.25, 0.3) is 0 Å². The van der Waals surface area contributed by atoms with Crippen molar-refractivity contribution in [2.24, 2.45) is 7.05 Å². The van der Waals surface area contributed by atoms with Crippen LogP contribution in [0.3, 0.4) is 0 Å². The summed E-state index contributed by atoms with van der Waals surface area (Å²) >= 11 is 9.32. The van der Waals surface area contributed by atoms with Gasteiger partial charge in [0.2, 0.25) is 0 Å². The molecule has 2 aromatic rings. The molecule has 4 nitrogen and oxygen atoms in total. The van der Waals surface area contributed by atoms with Crippen molar-refractivity contribution in [3.05, 3.63) is 39.7 Å². The van der Waals surface area contributed by atoms with Gasteiger partial charge in [-0.25, -0.2) is 4.98 Å². The van der Waals surface area contributed by atoms with E-state index >= 15 is 0 Å². The summed E-state index contributed by atoms with van der Waals surface area (Å²) in [4.78, 5) is 6.34. The number of hydrogen-bond acceptors (Lipinski definition) is 3. The third kappa shape index (κ3) is 2.98. The van der Waals surface area contributed by atoms with Crippen molar-refractivity contribution >= 4 is 33.3 Å². The standard InChI is InChI=1S/C11H12BrClN4/c1-16(6-8-4-15-17(2)7-8)11-10(12)3-9(13)5-14-11/h3-5,7H,6H2,1-2H3. The van der Waals surface area contributed by atoms with Crippen LogP contribution in [0.25, 0.3) is 0 Å². The minimum atomic E-state index is 0.621. The van der Waals surface area contributed by atoms with E-state index in [0.29, 0.717) is 5.02 Å². The zero-order chi connectivity index (χ0) is 12.4. The number of hydrogen-bond donors (Lipinski definition) is 0. The highest BCUT2D eigenvalue weighted by Crippen LogP contribution is 2.26. The van der Waals surface area contributed by atoms with Gasteiger partial charge in [0, 0.05) is 38.6 Å². The lowest BCUT2D eigenvalue weighted by atomic mass is 10.3. The maximum atomic E-state index is 5.86. The Morgan fingerprint density at radius 3 is 2.82 bits per heavy atom. The zero-order valence-electron chi connectivity index (χ0n) is 9.56. The van der Waals surface area contributed by atoms with Gasteiger partial charge in [-0.1, -0.05) is 11.6 Å². The molecule has 6 heteroatoms. The first-order valence-electron chi connectivity index (χ1n) is 5.06. The van der Waals surface area contributed by atoms with Gasteiger partial charge in [0.05, 0.1) is 15.7 Å². The van der Waals surface area contributed by atoms with E-state index in [1.165, 1.54) is 0 Å². The molecule has 2 rings (SSSR count). The molecule has 0 unspecified atom stereocenters. The summed E-state index contributed by atoms with van der Waals surface area (Å²) in [6.07, 6.45) is 5.47. The molecule has 17 heavy (non-hydrogen) atoms. The normalized spacial score (nSPS) is 10.6. The van der Waals surface area contributed by atoms with E-state index < -0.39 is 0 Å². The average Bonchev–Trinajstić information content (AvgIpc) is 2.63. The Kier molecular flexibility index (Phi) is 3.69. The van der Waals surface area contributed by atoms with Gasteiger partial charge in [0.15, 0.2) is 0 Å². The van der Waals surface area contributed by atoms with Crippen molar-refractivity contribution in [3.63, 3.8) is 0 Å². The quantitative estimate of drug-likeness (QED) is 0.873. The number of nitrogens with zero attached hydrogens (tertiary/aromatic N) is 4. The highest BCUT2D eigenvalue weighted by atomic mass is 79.9. The molecule has 0 aliphatic carbocycles. The van der Waals surface area contributed by atoms with E-state index in [2.05, 4.69) is 26.0 Å². The number of pyridine rings is 1. The third-order valence-electron chi connectivity index (χ3n) is 2.33. The molecule has 0 aromatic carbocycles. The van der Waals surface area contributed by atoms with Crippen LogP contribution in [0.15, 0.2) is 29.1 Å². The molecule has 0 atom stereocenters. The fourth-order valence-electron chi connectivity index (χ4n) is 1.59. The Hall–Kier alpha value is -1.07. The molecule has 0 radical (unpaired) electrons. The van der Waals surface area contributed by atoms with Gasteiger partial charge in [-0.2, -0.15) is 5.10 Å². The molecule has 0 spiro atoms. The van der Waals surface area contributed by atoms with Gasteiger partial charge >= 0.3 is 0 Å². The van der Waals surface area contributed by atoms with Crippen LogP contribution in [-0.4, -0.2) is 21.8 Å². The maximum Gasteiger partial charge on any atom is 0.143 e. The van der Waals surface area contributed by atoms with Crippen molar-refractivity contribution in [2.75, 3.05) is 11.9 Å². The number of rotatable bonds is 3. The minimum absolute atomic E-state index is 0.621. The monoisotopic (exact) mass is 314 g/mol. The summed E-state index contributed by atoms with van der Waals surface area (Å²) in [6, 6.07) is 1.84. The number of aryl methyl sites for hydroxylation is 1. The van der Waals surface area contributed by atoms with Crippen LogP contribution >= 0.6 is 27.5 Å². The van der Waals surface area contributed by atoms with Gasteiger partial charge in [0.1, 0.15) is 5.82 Å². The summed E-state index contributed by atoms with van der Waals surface area (Å²) in [6.45, 7) is 0.751. The number of anilines is 1. The summed E-state index contributed by atoms with van der Waals surface area (Å²) in [7, 11) is 3.88. The molecule has 2 aromatic heterocycles. The topological polar surface area (TPSA) is 34.0 Å². The van der Waals surface area contributed by atoms with E-state index in [4.69, 9.17) is 11.6 Å². The number of halogens is 2. The maximum absolute atomic E-state index is 5.86. The highest BCUT2D eigenvalue weighted by Gasteiger charge is 2.09. The highest BCUT2D eigenvalue weighted by molar-refractivity contribution is 9.10. The lowest BCUT2D eigenvalue weighted by Crippen LogP contribution is -2.17. The lowest BCUT2D eigenvalue weighted by molar-refractivity contribution is 0.766. The van der Waals surface area contributed by atoms with Crippen molar-refractivity contribution in [1.29, 1.82) is 0 Å². The lowest BCUT2D eigenvalue weighted by Gasteiger charge is -2.18. The first-order chi connectivity index (χ1) is 8.06. The second-order valence-electron chi connectivity index (χ2n) is 3.84. The second-order valence-corrected chi connectivity index (χ2v) is 5.13. The van der Waals surface area contributed by atoms with Crippen LogP contribution in [0, 0.1) is 0 Å². The number of aromatic nitrogens is 3. The van der Waals surface area contributed by atoms with Crippen LogP contribution in [0.1, 0.15) is 5.56 Å². The summed E-state index contributed by atoms with van der Waals surface area (Å²) < 4.78 is 2.67. The molecule has 0 aliphatic heterocycles. The molecule has 2 heterocycles.